The summed E-state index contributed by atoms with van der Waals surface area (Å²) in [5.41, 5.74) is 0. The lowest BCUT2D eigenvalue weighted by Gasteiger charge is -2.31. The maximum atomic E-state index is 12.4. The number of hydrogen-bond acceptors (Lipinski definition) is 5. The van der Waals surface area contributed by atoms with Crippen molar-refractivity contribution < 1.29 is 16.8 Å². The van der Waals surface area contributed by atoms with Gasteiger partial charge in [0.15, 0.2) is 0 Å². The van der Waals surface area contributed by atoms with Crippen LogP contribution in [0.5, 0.6) is 0 Å². The van der Waals surface area contributed by atoms with Crippen LogP contribution in [0.4, 0.5) is 0 Å². The number of nitrogens with zero attached hydrogens (tertiary/aromatic N) is 3. The van der Waals surface area contributed by atoms with Crippen LogP contribution < -0.4 is 4.72 Å². The molecule has 2 rings (SSSR count). The zero-order valence-corrected chi connectivity index (χ0v) is 14.6. The summed E-state index contributed by atoms with van der Waals surface area (Å²) in [4.78, 5) is 0.0951. The molecule has 126 valence electrons. The first-order chi connectivity index (χ1) is 10.1. The smallest absolute Gasteiger partial charge is 0.243 e. The highest BCUT2D eigenvalue weighted by atomic mass is 32.2. The monoisotopic (exact) mass is 350 g/mol. The van der Waals surface area contributed by atoms with E-state index in [2.05, 4.69) is 9.82 Å². The average molecular weight is 350 g/mol. The highest BCUT2D eigenvalue weighted by molar-refractivity contribution is 7.89. The van der Waals surface area contributed by atoms with E-state index in [4.69, 9.17) is 0 Å². The van der Waals surface area contributed by atoms with Gasteiger partial charge in [0.05, 0.1) is 12.5 Å². The highest BCUT2D eigenvalue weighted by Gasteiger charge is 2.29. The summed E-state index contributed by atoms with van der Waals surface area (Å²) in [6, 6.07) is -0.352. The van der Waals surface area contributed by atoms with Crippen molar-refractivity contribution in [1.29, 1.82) is 0 Å². The first-order valence-electron chi connectivity index (χ1n) is 7.11. The first kappa shape index (κ1) is 17.4. The van der Waals surface area contributed by atoms with E-state index in [0.717, 1.165) is 6.26 Å². The Morgan fingerprint density at radius 2 is 2.00 bits per heavy atom. The molecule has 0 spiro atoms. The highest BCUT2D eigenvalue weighted by Crippen LogP contribution is 2.17. The zero-order chi connectivity index (χ0) is 16.5. The Labute approximate surface area is 131 Å². The molecule has 0 bridgehead atoms. The van der Waals surface area contributed by atoms with Crippen LogP contribution in [0, 0.1) is 0 Å². The van der Waals surface area contributed by atoms with E-state index in [9.17, 15) is 16.8 Å². The van der Waals surface area contributed by atoms with Gasteiger partial charge in [0.2, 0.25) is 20.0 Å². The molecule has 0 aromatic carbocycles. The lowest BCUT2D eigenvalue weighted by atomic mass is 10.1. The zero-order valence-electron chi connectivity index (χ0n) is 12.9. The summed E-state index contributed by atoms with van der Waals surface area (Å²) in [5, 5.41) is 4.02. The Bertz CT molecular complexity index is 724. The molecule has 0 amide bonds. The van der Waals surface area contributed by atoms with Crippen LogP contribution in [-0.2, 0) is 20.0 Å². The fraction of sp³-hybridized carbons (Fsp3) is 0.750. The van der Waals surface area contributed by atoms with Gasteiger partial charge < -0.3 is 0 Å². The van der Waals surface area contributed by atoms with Crippen molar-refractivity contribution in [2.45, 2.75) is 43.7 Å². The van der Waals surface area contributed by atoms with Gasteiger partial charge in [-0.15, -0.1) is 0 Å². The number of piperidine rings is 1. The van der Waals surface area contributed by atoms with Gasteiger partial charge in [0, 0.05) is 31.4 Å². The first-order valence-corrected chi connectivity index (χ1v) is 10.4. The second-order valence-electron chi connectivity index (χ2n) is 5.83. The van der Waals surface area contributed by atoms with Crippen molar-refractivity contribution in [1.82, 2.24) is 18.8 Å². The minimum atomic E-state index is -3.70. The minimum absolute atomic E-state index is 0.0688. The van der Waals surface area contributed by atoms with Gasteiger partial charge in [-0.3, -0.25) is 4.68 Å². The maximum Gasteiger partial charge on any atom is 0.243 e. The summed E-state index contributed by atoms with van der Waals surface area (Å²) in [6.45, 7) is 4.41. The van der Waals surface area contributed by atoms with Crippen LogP contribution in [0.25, 0.3) is 0 Å². The number of hydrogen-bond donors (Lipinski definition) is 1. The quantitative estimate of drug-likeness (QED) is 0.815. The van der Waals surface area contributed by atoms with Gasteiger partial charge in [-0.25, -0.2) is 25.9 Å². The second kappa shape index (κ2) is 6.26. The molecule has 1 aliphatic heterocycles. The molecule has 1 saturated heterocycles. The van der Waals surface area contributed by atoms with E-state index < -0.39 is 26.1 Å². The molecule has 0 aliphatic carbocycles. The topological polar surface area (TPSA) is 101 Å². The normalized spacial score (nSPS) is 21.4. The van der Waals surface area contributed by atoms with E-state index in [0.29, 0.717) is 19.4 Å². The van der Waals surface area contributed by atoms with Gasteiger partial charge in [0.1, 0.15) is 4.90 Å². The van der Waals surface area contributed by atoms with Gasteiger partial charge in [-0.05, 0) is 26.7 Å². The third kappa shape index (κ3) is 4.06. The van der Waals surface area contributed by atoms with Crippen molar-refractivity contribution >= 4 is 20.0 Å². The number of sulfonamides is 2. The van der Waals surface area contributed by atoms with Crippen LogP contribution in [-0.4, -0.2) is 56.3 Å². The fourth-order valence-corrected chi connectivity index (χ4v) is 4.48. The molecule has 22 heavy (non-hydrogen) atoms. The van der Waals surface area contributed by atoms with Gasteiger partial charge in [-0.2, -0.15) is 5.10 Å². The summed E-state index contributed by atoms with van der Waals surface area (Å²) in [6.07, 6.45) is 5.16. The predicted molar refractivity (Wildman–Crippen MR) is 82.4 cm³/mol. The molecular formula is C12H22N4O4S2. The standard InChI is InChI=1S/C12H22N4O4S2/c1-10(2)16-9-12(7-13-16)22(19,20)14-11-5-4-6-15(8-11)21(3,17)18/h7,9-11,14H,4-6,8H2,1-3H3. The van der Waals surface area contributed by atoms with Crippen molar-refractivity contribution in [2.24, 2.45) is 0 Å². The second-order valence-corrected chi connectivity index (χ2v) is 9.53. The van der Waals surface area contributed by atoms with E-state index in [-0.39, 0.29) is 17.5 Å². The lowest BCUT2D eigenvalue weighted by molar-refractivity contribution is 0.305. The maximum absolute atomic E-state index is 12.4. The molecule has 1 aliphatic rings. The molecule has 1 fully saturated rings. The largest absolute Gasteiger partial charge is 0.269 e. The van der Waals surface area contributed by atoms with Crippen molar-refractivity contribution in [3.8, 4) is 0 Å². The number of nitrogens with one attached hydrogen (secondary N) is 1. The van der Waals surface area contributed by atoms with E-state index in [1.54, 1.807) is 4.68 Å². The molecule has 0 radical (unpaired) electrons. The molecule has 1 unspecified atom stereocenters. The van der Waals surface area contributed by atoms with E-state index in [1.807, 2.05) is 13.8 Å². The molecular weight excluding hydrogens is 328 g/mol. The Hall–Kier alpha value is -0.970. The third-order valence-electron chi connectivity index (χ3n) is 3.59. The lowest BCUT2D eigenvalue weighted by Crippen LogP contribution is -2.49. The molecule has 0 saturated carbocycles. The Balaban J connectivity index is 2.11. The number of rotatable bonds is 5. The van der Waals surface area contributed by atoms with Crippen molar-refractivity contribution in [2.75, 3.05) is 19.3 Å². The van der Waals surface area contributed by atoms with Gasteiger partial charge in [0.25, 0.3) is 0 Å². The van der Waals surface area contributed by atoms with Crippen LogP contribution in [0.3, 0.4) is 0 Å². The third-order valence-corrected chi connectivity index (χ3v) is 6.34. The van der Waals surface area contributed by atoms with Crippen molar-refractivity contribution in [3.63, 3.8) is 0 Å². The predicted octanol–water partition coefficient (Wildman–Crippen LogP) is 0.166. The van der Waals surface area contributed by atoms with Crippen molar-refractivity contribution in [3.05, 3.63) is 12.4 Å². The molecule has 1 atom stereocenters. The molecule has 1 N–H and O–H groups in total. The molecule has 8 nitrogen and oxygen atoms in total. The molecule has 1 aromatic heterocycles. The minimum Gasteiger partial charge on any atom is -0.269 e. The van der Waals surface area contributed by atoms with E-state index >= 15 is 0 Å². The Kier molecular flexibility index (Phi) is 4.95. The summed E-state index contributed by atoms with van der Waals surface area (Å²) in [5.74, 6) is 0. The summed E-state index contributed by atoms with van der Waals surface area (Å²) in [7, 11) is -7.00. The van der Waals surface area contributed by atoms with Crippen LogP contribution in [0.15, 0.2) is 17.3 Å². The summed E-state index contributed by atoms with van der Waals surface area (Å²) < 4.78 is 53.3. The van der Waals surface area contributed by atoms with Crippen LogP contribution in [0.1, 0.15) is 32.7 Å². The van der Waals surface area contributed by atoms with Crippen LogP contribution in [0.2, 0.25) is 0 Å². The molecule has 2 heterocycles. The number of aromatic nitrogens is 2. The van der Waals surface area contributed by atoms with E-state index in [1.165, 1.54) is 16.7 Å². The van der Waals surface area contributed by atoms with Gasteiger partial charge in [-0.1, -0.05) is 0 Å². The van der Waals surface area contributed by atoms with Gasteiger partial charge >= 0.3 is 0 Å². The molecule has 10 heteroatoms. The van der Waals surface area contributed by atoms with Crippen LogP contribution >= 0.6 is 0 Å². The Morgan fingerprint density at radius 3 is 2.55 bits per heavy atom. The molecule has 1 aromatic rings. The summed E-state index contributed by atoms with van der Waals surface area (Å²) >= 11 is 0. The fourth-order valence-electron chi connectivity index (χ4n) is 2.37. The average Bonchev–Trinajstić information content (AvgIpc) is 2.88. The SMILES string of the molecule is CC(C)n1cc(S(=O)(=O)NC2CCCN(S(C)(=O)=O)C2)cn1. The Morgan fingerprint density at radius 1 is 1.32 bits per heavy atom.